The number of primary amides is 1. The minimum absolute atomic E-state index is 0.263. The fourth-order valence-electron chi connectivity index (χ4n) is 2.77. The van der Waals surface area contributed by atoms with Crippen molar-refractivity contribution >= 4 is 17.3 Å². The van der Waals surface area contributed by atoms with Gasteiger partial charge >= 0.3 is 0 Å². The first-order chi connectivity index (χ1) is 9.56. The number of benzene rings is 1. The third-order valence-electron chi connectivity index (χ3n) is 3.81. The van der Waals surface area contributed by atoms with Crippen LogP contribution in [0.4, 0.5) is 5.69 Å². The molecule has 20 heavy (non-hydrogen) atoms. The van der Waals surface area contributed by atoms with Gasteiger partial charge < -0.3 is 16.6 Å². The quantitative estimate of drug-likeness (QED) is 0.661. The van der Waals surface area contributed by atoms with Gasteiger partial charge in [-0.05, 0) is 18.4 Å². The maximum atomic E-state index is 11.9. The summed E-state index contributed by atoms with van der Waals surface area (Å²) >= 11 is 0. The normalized spacial score (nSPS) is 21.2. The predicted octanol–water partition coefficient (Wildman–Crippen LogP) is 1.96. The number of anilines is 1. The van der Waals surface area contributed by atoms with Gasteiger partial charge in [-0.1, -0.05) is 44.9 Å². The van der Waals surface area contributed by atoms with E-state index >= 15 is 0 Å². The van der Waals surface area contributed by atoms with Gasteiger partial charge in [-0.25, -0.2) is 5.43 Å². The van der Waals surface area contributed by atoms with Crippen molar-refractivity contribution in [3.63, 3.8) is 0 Å². The number of aryl methyl sites for hydroxylation is 1. The summed E-state index contributed by atoms with van der Waals surface area (Å²) in [6, 6.07) is 5.85. The Balaban J connectivity index is 2.48. The highest BCUT2D eigenvalue weighted by Gasteiger charge is 2.44. The Morgan fingerprint density at radius 2 is 2.10 bits per heavy atom. The van der Waals surface area contributed by atoms with E-state index in [1.165, 1.54) is 0 Å². The molecule has 5 heteroatoms. The van der Waals surface area contributed by atoms with Crippen LogP contribution in [0.5, 0.6) is 0 Å². The first kappa shape index (κ1) is 14.5. The fourth-order valence-corrected chi connectivity index (χ4v) is 2.77. The number of hydrogen-bond donors (Lipinski definition) is 4. The molecule has 108 valence electrons. The maximum absolute atomic E-state index is 11.9. The molecule has 0 fully saturated rings. The van der Waals surface area contributed by atoms with E-state index in [4.69, 9.17) is 11.1 Å². The molecule has 2 rings (SSSR count). The van der Waals surface area contributed by atoms with Crippen molar-refractivity contribution in [3.8, 4) is 0 Å². The van der Waals surface area contributed by atoms with Crippen LogP contribution in [-0.2, 0) is 11.2 Å². The molecule has 1 aliphatic rings. The van der Waals surface area contributed by atoms with E-state index in [0.717, 1.165) is 36.1 Å². The standard InChI is InChI=1S/C15H22N4O/c1-3-6-10-7-5-8-11-12(10)18-19-15(9-4-2,13(11)16)14(17)20/h5,7-8,16,18-19H,3-4,6,9H2,1-2H3,(H2,17,20). The lowest BCUT2D eigenvalue weighted by Gasteiger charge is -2.38. The van der Waals surface area contributed by atoms with Crippen molar-refractivity contribution in [2.24, 2.45) is 5.73 Å². The SMILES string of the molecule is CCCc1cccc2c1NNC(CCC)(C(N)=O)C2=N. The maximum Gasteiger partial charge on any atom is 0.245 e. The van der Waals surface area contributed by atoms with Crippen LogP contribution < -0.4 is 16.6 Å². The predicted molar refractivity (Wildman–Crippen MR) is 80.9 cm³/mol. The Hall–Kier alpha value is -1.88. The molecule has 0 saturated heterocycles. The molecule has 0 spiro atoms. The molecule has 1 aromatic rings. The van der Waals surface area contributed by atoms with E-state index in [2.05, 4.69) is 17.8 Å². The van der Waals surface area contributed by atoms with Crippen LogP contribution in [0.15, 0.2) is 18.2 Å². The van der Waals surface area contributed by atoms with Gasteiger partial charge in [0.1, 0.15) is 0 Å². The van der Waals surface area contributed by atoms with Gasteiger partial charge in [0, 0.05) is 5.56 Å². The molecule has 1 aromatic carbocycles. The van der Waals surface area contributed by atoms with Crippen LogP contribution in [0.2, 0.25) is 0 Å². The van der Waals surface area contributed by atoms with Gasteiger partial charge in [-0.15, -0.1) is 0 Å². The van der Waals surface area contributed by atoms with E-state index < -0.39 is 11.4 Å². The first-order valence-electron chi connectivity index (χ1n) is 7.11. The number of para-hydroxylation sites is 1. The zero-order valence-electron chi connectivity index (χ0n) is 12.0. The zero-order valence-corrected chi connectivity index (χ0v) is 12.0. The average molecular weight is 274 g/mol. The molecule has 1 unspecified atom stereocenters. The number of nitrogens with two attached hydrogens (primary N) is 1. The molecular formula is C15H22N4O. The van der Waals surface area contributed by atoms with Crippen molar-refractivity contribution in [2.75, 3.05) is 5.43 Å². The Kier molecular flexibility index (Phi) is 4.09. The molecule has 0 radical (unpaired) electrons. The number of amides is 1. The lowest BCUT2D eigenvalue weighted by Crippen LogP contribution is -2.65. The van der Waals surface area contributed by atoms with Crippen LogP contribution in [-0.4, -0.2) is 17.2 Å². The first-order valence-corrected chi connectivity index (χ1v) is 7.11. The average Bonchev–Trinajstić information content (AvgIpc) is 2.43. The van der Waals surface area contributed by atoms with Crippen LogP contribution in [0.1, 0.15) is 44.2 Å². The molecule has 0 aliphatic carbocycles. The smallest absolute Gasteiger partial charge is 0.245 e. The van der Waals surface area contributed by atoms with Crippen molar-refractivity contribution in [1.29, 1.82) is 5.41 Å². The van der Waals surface area contributed by atoms with Gasteiger partial charge in [0.25, 0.3) is 0 Å². The summed E-state index contributed by atoms with van der Waals surface area (Å²) in [5.74, 6) is -0.511. The minimum Gasteiger partial charge on any atom is -0.368 e. The van der Waals surface area contributed by atoms with Gasteiger partial charge in [-0.2, -0.15) is 0 Å². The molecule has 5 nitrogen and oxygen atoms in total. The monoisotopic (exact) mass is 274 g/mol. The lowest BCUT2D eigenvalue weighted by atomic mass is 9.81. The molecule has 0 aromatic heterocycles. The number of hydrogen-bond acceptors (Lipinski definition) is 4. The number of hydrazine groups is 1. The number of carbonyl (C=O) groups excluding carboxylic acids is 1. The summed E-state index contributed by atoms with van der Waals surface area (Å²) in [6.07, 6.45) is 3.24. The molecule has 0 saturated carbocycles. The molecule has 0 bridgehead atoms. The highest BCUT2D eigenvalue weighted by Crippen LogP contribution is 2.31. The van der Waals surface area contributed by atoms with E-state index in [1.807, 2.05) is 25.1 Å². The Bertz CT molecular complexity index is 541. The highest BCUT2D eigenvalue weighted by molar-refractivity contribution is 6.22. The van der Waals surface area contributed by atoms with E-state index in [-0.39, 0.29) is 5.71 Å². The van der Waals surface area contributed by atoms with Crippen molar-refractivity contribution in [3.05, 3.63) is 29.3 Å². The Labute approximate surface area is 119 Å². The summed E-state index contributed by atoms with van der Waals surface area (Å²) in [4.78, 5) is 11.9. The van der Waals surface area contributed by atoms with E-state index in [0.29, 0.717) is 6.42 Å². The Morgan fingerprint density at radius 1 is 1.35 bits per heavy atom. The zero-order chi connectivity index (χ0) is 14.8. The second kappa shape index (κ2) is 5.63. The van der Waals surface area contributed by atoms with Gasteiger partial charge in [-0.3, -0.25) is 4.79 Å². The van der Waals surface area contributed by atoms with Crippen molar-refractivity contribution in [2.45, 2.75) is 45.1 Å². The largest absolute Gasteiger partial charge is 0.368 e. The molecular weight excluding hydrogens is 252 g/mol. The number of carbonyl (C=O) groups is 1. The minimum atomic E-state index is -1.12. The van der Waals surface area contributed by atoms with Gasteiger partial charge in [0.05, 0.1) is 11.4 Å². The summed E-state index contributed by atoms with van der Waals surface area (Å²) in [5, 5.41) is 8.44. The Morgan fingerprint density at radius 3 is 2.70 bits per heavy atom. The molecule has 1 aliphatic heterocycles. The molecule has 1 amide bonds. The topological polar surface area (TPSA) is 91.0 Å². The lowest BCUT2D eigenvalue weighted by molar-refractivity contribution is -0.122. The number of fused-ring (bicyclic) bond motifs is 1. The summed E-state index contributed by atoms with van der Waals surface area (Å²) in [7, 11) is 0. The van der Waals surface area contributed by atoms with Crippen molar-refractivity contribution in [1.82, 2.24) is 5.43 Å². The van der Waals surface area contributed by atoms with E-state index in [9.17, 15) is 4.79 Å². The second-order valence-electron chi connectivity index (χ2n) is 5.23. The van der Waals surface area contributed by atoms with Crippen LogP contribution in [0.25, 0.3) is 0 Å². The third-order valence-corrected chi connectivity index (χ3v) is 3.81. The van der Waals surface area contributed by atoms with Gasteiger partial charge in [0.2, 0.25) is 5.91 Å². The van der Waals surface area contributed by atoms with Crippen molar-refractivity contribution < 1.29 is 4.79 Å². The third kappa shape index (κ3) is 2.18. The summed E-state index contributed by atoms with van der Waals surface area (Å²) in [6.45, 7) is 4.09. The van der Waals surface area contributed by atoms with Gasteiger partial charge in [0.15, 0.2) is 5.54 Å². The van der Waals surface area contributed by atoms with Crippen LogP contribution in [0.3, 0.4) is 0 Å². The fraction of sp³-hybridized carbons (Fsp3) is 0.467. The number of nitrogens with one attached hydrogen (secondary N) is 3. The number of rotatable bonds is 5. The molecule has 1 atom stereocenters. The summed E-state index contributed by atoms with van der Waals surface area (Å²) in [5.41, 5.74) is 13.6. The molecule has 5 N–H and O–H groups in total. The van der Waals surface area contributed by atoms with E-state index in [1.54, 1.807) is 0 Å². The van der Waals surface area contributed by atoms with Crippen LogP contribution >= 0.6 is 0 Å². The highest BCUT2D eigenvalue weighted by atomic mass is 16.1. The van der Waals surface area contributed by atoms with Crippen LogP contribution in [0, 0.1) is 5.41 Å². The second-order valence-corrected chi connectivity index (χ2v) is 5.23. The molecule has 1 heterocycles. The summed E-state index contributed by atoms with van der Waals surface area (Å²) < 4.78 is 0.